The number of halogens is 1. The van der Waals surface area contributed by atoms with Crippen molar-refractivity contribution in [3.05, 3.63) is 53.8 Å². The minimum absolute atomic E-state index is 0.0900. The quantitative estimate of drug-likeness (QED) is 0.880. The lowest BCUT2D eigenvalue weighted by Gasteiger charge is -2.26. The number of carboxylic acid groups (broad SMARTS) is 1. The van der Waals surface area contributed by atoms with Crippen LogP contribution in [0.2, 0.25) is 0 Å². The molecular formula is C19H19FN2O3. The summed E-state index contributed by atoms with van der Waals surface area (Å²) in [7, 11) is 0. The predicted molar refractivity (Wildman–Crippen MR) is 93.1 cm³/mol. The van der Waals surface area contributed by atoms with Crippen molar-refractivity contribution < 1.29 is 19.1 Å². The Morgan fingerprint density at radius 3 is 2.48 bits per heavy atom. The summed E-state index contributed by atoms with van der Waals surface area (Å²) in [6.45, 7) is 0. The molecule has 0 heterocycles. The molecule has 1 saturated carbocycles. The molecule has 0 aliphatic heterocycles. The summed E-state index contributed by atoms with van der Waals surface area (Å²) in [5.74, 6) is -1.08. The molecule has 2 amide bonds. The average molecular weight is 342 g/mol. The number of carbonyl (C=O) groups is 2. The van der Waals surface area contributed by atoms with Gasteiger partial charge in [-0.3, -0.25) is 9.69 Å². The number of nitrogens with two attached hydrogens (primary N) is 1. The average Bonchev–Trinajstić information content (AvgIpc) is 3.10. The first-order valence-corrected chi connectivity index (χ1v) is 8.19. The Balaban J connectivity index is 2.04. The number of rotatable bonds is 4. The standard InChI is InChI=1S/C19H19FN2O3/c20-17-9-8-15(22(19(24)25)14-6-1-2-7-14)11-16(17)12-4-3-5-13(10-12)18(21)23/h3-5,8-11,14H,1-2,6-7H2,(H2,21,23)(H,24,25). The topological polar surface area (TPSA) is 83.6 Å². The lowest BCUT2D eigenvalue weighted by Crippen LogP contribution is -2.37. The summed E-state index contributed by atoms with van der Waals surface area (Å²) in [5.41, 5.74) is 6.70. The van der Waals surface area contributed by atoms with Gasteiger partial charge in [0, 0.05) is 22.9 Å². The van der Waals surface area contributed by atoms with Gasteiger partial charge in [-0.15, -0.1) is 0 Å². The first-order chi connectivity index (χ1) is 12.0. The van der Waals surface area contributed by atoms with E-state index in [1.54, 1.807) is 18.2 Å². The summed E-state index contributed by atoms with van der Waals surface area (Å²) in [4.78, 5) is 24.4. The minimum atomic E-state index is -1.05. The number of hydrogen-bond acceptors (Lipinski definition) is 2. The van der Waals surface area contributed by atoms with Crippen LogP contribution in [0, 0.1) is 5.82 Å². The van der Waals surface area contributed by atoms with Crippen LogP contribution in [0.5, 0.6) is 0 Å². The van der Waals surface area contributed by atoms with E-state index in [1.165, 1.54) is 29.2 Å². The van der Waals surface area contributed by atoms with Gasteiger partial charge in [0.2, 0.25) is 5.91 Å². The molecule has 1 aliphatic rings. The van der Waals surface area contributed by atoms with Crippen molar-refractivity contribution in [1.82, 2.24) is 0 Å². The number of primary amides is 1. The smallest absolute Gasteiger partial charge is 0.412 e. The fraction of sp³-hybridized carbons (Fsp3) is 0.263. The Morgan fingerprint density at radius 2 is 1.84 bits per heavy atom. The molecule has 0 spiro atoms. The van der Waals surface area contributed by atoms with Crippen molar-refractivity contribution in [2.45, 2.75) is 31.7 Å². The fourth-order valence-corrected chi connectivity index (χ4v) is 3.36. The zero-order chi connectivity index (χ0) is 18.0. The van der Waals surface area contributed by atoms with Gasteiger partial charge >= 0.3 is 6.09 Å². The van der Waals surface area contributed by atoms with Crippen molar-refractivity contribution in [3.63, 3.8) is 0 Å². The maximum absolute atomic E-state index is 14.3. The van der Waals surface area contributed by atoms with Crippen LogP contribution in [0.15, 0.2) is 42.5 Å². The molecule has 130 valence electrons. The highest BCUT2D eigenvalue weighted by atomic mass is 19.1. The van der Waals surface area contributed by atoms with Gasteiger partial charge in [0.1, 0.15) is 5.82 Å². The molecule has 6 heteroatoms. The highest BCUT2D eigenvalue weighted by molar-refractivity contribution is 5.94. The van der Waals surface area contributed by atoms with Crippen LogP contribution in [-0.4, -0.2) is 23.1 Å². The van der Waals surface area contributed by atoms with Crippen molar-refractivity contribution in [3.8, 4) is 11.1 Å². The second-order valence-electron chi connectivity index (χ2n) is 6.20. The summed E-state index contributed by atoms with van der Waals surface area (Å²) in [5, 5.41) is 9.61. The summed E-state index contributed by atoms with van der Waals surface area (Å²) < 4.78 is 14.3. The molecule has 25 heavy (non-hydrogen) atoms. The predicted octanol–water partition coefficient (Wildman–Crippen LogP) is 4.02. The van der Waals surface area contributed by atoms with Crippen LogP contribution in [0.4, 0.5) is 14.9 Å². The number of amides is 2. The van der Waals surface area contributed by atoms with E-state index in [4.69, 9.17) is 5.73 Å². The Hall–Kier alpha value is -2.89. The number of carbonyl (C=O) groups excluding carboxylic acids is 1. The van der Waals surface area contributed by atoms with Crippen LogP contribution >= 0.6 is 0 Å². The summed E-state index contributed by atoms with van der Waals surface area (Å²) in [6, 6.07) is 10.5. The molecule has 0 bridgehead atoms. The second-order valence-corrected chi connectivity index (χ2v) is 6.20. The highest BCUT2D eigenvalue weighted by Crippen LogP contribution is 2.33. The highest BCUT2D eigenvalue weighted by Gasteiger charge is 2.28. The van der Waals surface area contributed by atoms with E-state index in [-0.39, 0.29) is 17.2 Å². The number of anilines is 1. The largest absolute Gasteiger partial charge is 0.465 e. The van der Waals surface area contributed by atoms with E-state index >= 15 is 0 Å². The van der Waals surface area contributed by atoms with E-state index in [1.807, 2.05) is 0 Å². The third kappa shape index (κ3) is 3.47. The monoisotopic (exact) mass is 342 g/mol. The Kier molecular flexibility index (Phi) is 4.70. The number of nitrogens with zero attached hydrogens (tertiary/aromatic N) is 1. The van der Waals surface area contributed by atoms with E-state index < -0.39 is 17.8 Å². The molecule has 3 rings (SSSR count). The van der Waals surface area contributed by atoms with Crippen molar-refractivity contribution in [2.24, 2.45) is 5.73 Å². The van der Waals surface area contributed by atoms with Crippen LogP contribution in [0.3, 0.4) is 0 Å². The first-order valence-electron chi connectivity index (χ1n) is 8.19. The molecule has 2 aromatic carbocycles. The molecule has 1 fully saturated rings. The van der Waals surface area contributed by atoms with Gasteiger partial charge in [-0.25, -0.2) is 9.18 Å². The van der Waals surface area contributed by atoms with Gasteiger partial charge in [-0.2, -0.15) is 0 Å². The van der Waals surface area contributed by atoms with Crippen molar-refractivity contribution >= 4 is 17.7 Å². The molecule has 0 radical (unpaired) electrons. The van der Waals surface area contributed by atoms with Gasteiger partial charge in [-0.1, -0.05) is 25.0 Å². The number of hydrogen-bond donors (Lipinski definition) is 2. The maximum Gasteiger partial charge on any atom is 0.412 e. The van der Waals surface area contributed by atoms with Crippen LogP contribution in [0.25, 0.3) is 11.1 Å². The zero-order valence-electron chi connectivity index (χ0n) is 13.6. The lowest BCUT2D eigenvalue weighted by atomic mass is 10.0. The van der Waals surface area contributed by atoms with Crippen LogP contribution < -0.4 is 10.6 Å². The Bertz CT molecular complexity index is 816. The molecule has 0 unspecified atom stereocenters. The summed E-state index contributed by atoms with van der Waals surface area (Å²) >= 11 is 0. The van der Waals surface area contributed by atoms with Gasteiger partial charge in [-0.05, 0) is 48.7 Å². The van der Waals surface area contributed by atoms with Crippen LogP contribution in [-0.2, 0) is 0 Å². The van der Waals surface area contributed by atoms with Crippen LogP contribution in [0.1, 0.15) is 36.0 Å². The van der Waals surface area contributed by atoms with Gasteiger partial charge in [0.15, 0.2) is 0 Å². The molecule has 3 N–H and O–H groups in total. The van der Waals surface area contributed by atoms with E-state index in [0.717, 1.165) is 25.7 Å². The second kappa shape index (κ2) is 6.93. The molecule has 0 aromatic heterocycles. The molecule has 5 nitrogen and oxygen atoms in total. The molecule has 2 aromatic rings. The third-order valence-corrected chi connectivity index (χ3v) is 4.58. The molecule has 0 atom stereocenters. The van der Waals surface area contributed by atoms with Gasteiger partial charge in [0.05, 0.1) is 0 Å². The van der Waals surface area contributed by atoms with Gasteiger partial charge < -0.3 is 10.8 Å². The van der Waals surface area contributed by atoms with Gasteiger partial charge in [0.25, 0.3) is 0 Å². The number of benzene rings is 2. The fourth-order valence-electron chi connectivity index (χ4n) is 3.36. The first kappa shape index (κ1) is 17.0. The Morgan fingerprint density at radius 1 is 1.12 bits per heavy atom. The Labute approximate surface area is 144 Å². The normalized spacial score (nSPS) is 14.4. The summed E-state index contributed by atoms with van der Waals surface area (Å²) in [6.07, 6.45) is 2.54. The van der Waals surface area contributed by atoms with Crippen molar-refractivity contribution in [1.29, 1.82) is 0 Å². The minimum Gasteiger partial charge on any atom is -0.465 e. The third-order valence-electron chi connectivity index (χ3n) is 4.58. The van der Waals surface area contributed by atoms with Crippen molar-refractivity contribution in [2.75, 3.05) is 4.90 Å². The zero-order valence-corrected chi connectivity index (χ0v) is 13.6. The SMILES string of the molecule is NC(=O)c1cccc(-c2cc(N(C(=O)O)C3CCCC3)ccc2F)c1. The molecule has 0 saturated heterocycles. The molecule has 1 aliphatic carbocycles. The van der Waals surface area contributed by atoms with E-state index in [0.29, 0.717) is 11.3 Å². The van der Waals surface area contributed by atoms with E-state index in [2.05, 4.69) is 0 Å². The molecular weight excluding hydrogens is 323 g/mol. The van der Waals surface area contributed by atoms with E-state index in [9.17, 15) is 19.1 Å². The maximum atomic E-state index is 14.3. The lowest BCUT2D eigenvalue weighted by molar-refractivity contribution is 0.1000.